The number of hydrogen-bond acceptors (Lipinski definition) is 4. The molecule has 0 aromatic heterocycles. The molecule has 1 aliphatic rings. The van der Waals surface area contributed by atoms with Gasteiger partial charge in [-0.05, 0) is 30.0 Å². The monoisotopic (exact) mass is 402 g/mol. The minimum absolute atomic E-state index is 0.00233. The van der Waals surface area contributed by atoms with Crippen LogP contribution in [0.2, 0.25) is 5.02 Å². The van der Waals surface area contributed by atoms with Crippen LogP contribution >= 0.6 is 11.6 Å². The standard InChI is InChI=1S/C18H27ClN2O4S/c1-12(2)17(13(3)4)20-18(22)14-5-6-15(19)16(11-14)26(23,24)21-7-9-25-10-8-21/h5-6,11-13,17H,7-10H2,1-4H3,(H,20,22). The summed E-state index contributed by atoms with van der Waals surface area (Å²) in [5, 5.41) is 3.11. The van der Waals surface area contributed by atoms with Gasteiger partial charge in [-0.1, -0.05) is 39.3 Å². The van der Waals surface area contributed by atoms with Gasteiger partial charge in [-0.3, -0.25) is 4.79 Å². The van der Waals surface area contributed by atoms with Gasteiger partial charge >= 0.3 is 0 Å². The summed E-state index contributed by atoms with van der Waals surface area (Å²) in [5.41, 5.74) is 0.285. The van der Waals surface area contributed by atoms with E-state index in [1.54, 1.807) is 6.07 Å². The van der Waals surface area contributed by atoms with Crippen molar-refractivity contribution in [3.63, 3.8) is 0 Å². The van der Waals surface area contributed by atoms with E-state index in [2.05, 4.69) is 5.32 Å². The first kappa shape index (κ1) is 21.2. The molecule has 0 saturated carbocycles. The van der Waals surface area contributed by atoms with Gasteiger partial charge in [-0.25, -0.2) is 8.42 Å². The molecule has 1 N–H and O–H groups in total. The largest absolute Gasteiger partial charge is 0.379 e. The molecule has 0 bridgehead atoms. The molecule has 8 heteroatoms. The van der Waals surface area contributed by atoms with Gasteiger partial charge in [-0.2, -0.15) is 4.31 Å². The number of halogens is 1. The van der Waals surface area contributed by atoms with Crippen molar-refractivity contribution in [3.8, 4) is 0 Å². The van der Waals surface area contributed by atoms with E-state index >= 15 is 0 Å². The molecule has 6 nitrogen and oxygen atoms in total. The Morgan fingerprint density at radius 2 is 1.73 bits per heavy atom. The molecular formula is C18H27ClN2O4S. The summed E-state index contributed by atoms with van der Waals surface area (Å²) in [6.07, 6.45) is 0. The quantitative estimate of drug-likeness (QED) is 0.793. The van der Waals surface area contributed by atoms with Crippen molar-refractivity contribution in [2.24, 2.45) is 11.8 Å². The maximum Gasteiger partial charge on any atom is 0.251 e. The number of nitrogens with one attached hydrogen (secondary N) is 1. The Morgan fingerprint density at radius 3 is 2.27 bits per heavy atom. The fraction of sp³-hybridized carbons (Fsp3) is 0.611. The highest BCUT2D eigenvalue weighted by molar-refractivity contribution is 7.89. The van der Waals surface area contributed by atoms with E-state index in [0.717, 1.165) is 0 Å². The van der Waals surface area contributed by atoms with Crippen molar-refractivity contribution >= 4 is 27.5 Å². The summed E-state index contributed by atoms with van der Waals surface area (Å²) in [5.74, 6) is 0.234. The fourth-order valence-electron chi connectivity index (χ4n) is 3.11. The zero-order valence-electron chi connectivity index (χ0n) is 15.7. The predicted molar refractivity (Wildman–Crippen MR) is 102 cm³/mol. The van der Waals surface area contributed by atoms with Crippen LogP contribution in [0, 0.1) is 11.8 Å². The Morgan fingerprint density at radius 1 is 1.15 bits per heavy atom. The molecule has 1 aliphatic heterocycles. The summed E-state index contributed by atoms with van der Waals surface area (Å²) in [6, 6.07) is 4.37. The number of ether oxygens (including phenoxy) is 1. The third-order valence-corrected chi connectivity index (χ3v) is 6.90. The van der Waals surface area contributed by atoms with Crippen LogP contribution in [0.3, 0.4) is 0 Å². The smallest absolute Gasteiger partial charge is 0.251 e. The number of morpholine rings is 1. The van der Waals surface area contributed by atoms with Gasteiger partial charge in [0, 0.05) is 24.7 Å². The second-order valence-electron chi connectivity index (χ2n) is 7.15. The van der Waals surface area contributed by atoms with Crippen LogP contribution in [0.25, 0.3) is 0 Å². The van der Waals surface area contributed by atoms with E-state index in [1.807, 2.05) is 27.7 Å². The number of amides is 1. The normalized spacial score (nSPS) is 16.5. The second-order valence-corrected chi connectivity index (χ2v) is 9.46. The molecule has 1 saturated heterocycles. The third kappa shape index (κ3) is 4.76. The lowest BCUT2D eigenvalue weighted by Gasteiger charge is -2.27. The lowest BCUT2D eigenvalue weighted by atomic mass is 9.93. The molecule has 0 spiro atoms. The Bertz CT molecular complexity index is 736. The average molecular weight is 403 g/mol. The van der Waals surface area contributed by atoms with Gasteiger partial charge in [-0.15, -0.1) is 0 Å². The lowest BCUT2D eigenvalue weighted by molar-refractivity contribution is 0.0730. The molecule has 0 radical (unpaired) electrons. The zero-order valence-corrected chi connectivity index (χ0v) is 17.2. The molecule has 1 heterocycles. The molecule has 1 aromatic rings. The van der Waals surface area contributed by atoms with Crippen molar-refractivity contribution in [3.05, 3.63) is 28.8 Å². The lowest BCUT2D eigenvalue weighted by Crippen LogP contribution is -2.42. The highest BCUT2D eigenvalue weighted by atomic mass is 35.5. The summed E-state index contributed by atoms with van der Waals surface area (Å²) in [4.78, 5) is 12.6. The van der Waals surface area contributed by atoms with Crippen LogP contribution in [0.5, 0.6) is 0 Å². The second kappa shape index (κ2) is 8.69. The summed E-state index contributed by atoms with van der Waals surface area (Å²) in [7, 11) is -3.77. The van der Waals surface area contributed by atoms with Gasteiger partial charge in [0.05, 0.1) is 18.2 Å². The van der Waals surface area contributed by atoms with Gasteiger partial charge < -0.3 is 10.1 Å². The molecule has 0 aliphatic carbocycles. The molecule has 1 fully saturated rings. The van der Waals surface area contributed by atoms with Crippen molar-refractivity contribution in [2.45, 2.75) is 38.6 Å². The van der Waals surface area contributed by atoms with Gasteiger partial charge in [0.2, 0.25) is 10.0 Å². The van der Waals surface area contributed by atoms with Gasteiger partial charge in [0.25, 0.3) is 5.91 Å². The van der Waals surface area contributed by atoms with E-state index in [0.29, 0.717) is 13.2 Å². The van der Waals surface area contributed by atoms with Crippen molar-refractivity contribution in [1.82, 2.24) is 9.62 Å². The first-order valence-electron chi connectivity index (χ1n) is 8.83. The number of sulfonamides is 1. The van der Waals surface area contributed by atoms with Crippen LogP contribution in [0.1, 0.15) is 38.1 Å². The zero-order chi connectivity index (χ0) is 19.5. The maximum atomic E-state index is 12.9. The van der Waals surface area contributed by atoms with Crippen LogP contribution in [0.4, 0.5) is 0 Å². The molecule has 0 atom stereocenters. The Labute approximate surface area is 160 Å². The van der Waals surface area contributed by atoms with Crippen LogP contribution in [-0.2, 0) is 14.8 Å². The molecule has 1 aromatic carbocycles. The van der Waals surface area contributed by atoms with Gasteiger partial charge in [0.15, 0.2) is 0 Å². The van der Waals surface area contributed by atoms with Crippen LogP contribution in [0.15, 0.2) is 23.1 Å². The third-order valence-electron chi connectivity index (χ3n) is 4.52. The predicted octanol–water partition coefficient (Wildman–Crippen LogP) is 2.77. The molecule has 26 heavy (non-hydrogen) atoms. The molecule has 1 amide bonds. The summed E-state index contributed by atoms with van der Waals surface area (Å²) >= 11 is 6.14. The summed E-state index contributed by atoms with van der Waals surface area (Å²) < 4.78 is 32.3. The highest BCUT2D eigenvalue weighted by Crippen LogP contribution is 2.27. The Balaban J connectivity index is 2.30. The van der Waals surface area contributed by atoms with Crippen molar-refractivity contribution in [2.75, 3.05) is 26.3 Å². The number of hydrogen-bond donors (Lipinski definition) is 1. The van der Waals surface area contributed by atoms with E-state index in [-0.39, 0.29) is 52.4 Å². The van der Waals surface area contributed by atoms with Crippen LogP contribution in [-0.4, -0.2) is 51.0 Å². The topological polar surface area (TPSA) is 75.7 Å². The maximum absolute atomic E-state index is 12.9. The highest BCUT2D eigenvalue weighted by Gasteiger charge is 2.29. The van der Waals surface area contributed by atoms with E-state index in [1.165, 1.54) is 16.4 Å². The SMILES string of the molecule is CC(C)C(NC(=O)c1ccc(Cl)c(S(=O)(=O)N2CCOCC2)c1)C(C)C. The van der Waals surface area contributed by atoms with E-state index < -0.39 is 10.0 Å². The molecular weight excluding hydrogens is 376 g/mol. The first-order valence-corrected chi connectivity index (χ1v) is 10.6. The molecule has 2 rings (SSSR count). The van der Waals surface area contributed by atoms with E-state index in [4.69, 9.17) is 16.3 Å². The number of benzene rings is 1. The number of carbonyl (C=O) groups excluding carboxylic acids is 1. The fourth-order valence-corrected chi connectivity index (χ4v) is 5.01. The Kier molecular flexibility index (Phi) is 7.07. The van der Waals surface area contributed by atoms with E-state index in [9.17, 15) is 13.2 Å². The van der Waals surface area contributed by atoms with Crippen molar-refractivity contribution in [1.29, 1.82) is 0 Å². The number of rotatable bonds is 6. The molecule has 0 unspecified atom stereocenters. The average Bonchev–Trinajstić information content (AvgIpc) is 2.59. The number of nitrogens with zero attached hydrogens (tertiary/aromatic N) is 1. The Hall–Kier alpha value is -1.15. The van der Waals surface area contributed by atoms with Crippen molar-refractivity contribution < 1.29 is 17.9 Å². The summed E-state index contributed by atoms with van der Waals surface area (Å²) in [6.45, 7) is 9.42. The first-order chi connectivity index (χ1) is 12.1. The van der Waals surface area contributed by atoms with Gasteiger partial charge in [0.1, 0.15) is 4.90 Å². The minimum Gasteiger partial charge on any atom is -0.379 e. The van der Waals surface area contributed by atoms with Crippen LogP contribution < -0.4 is 5.32 Å². The molecule has 146 valence electrons. The minimum atomic E-state index is -3.77. The number of carbonyl (C=O) groups is 1.